The van der Waals surface area contributed by atoms with Gasteiger partial charge in [-0.2, -0.15) is 36.3 Å². The maximum Gasteiger partial charge on any atom is 0.416 e. The number of fused-ring (bicyclic) bond motifs is 2. The second-order valence-electron chi connectivity index (χ2n) is 26.1. The number of nitrogens with zero attached hydrogens (tertiary/aromatic N) is 8. The lowest BCUT2D eigenvalue weighted by Crippen LogP contribution is -2.67. The zero-order chi connectivity index (χ0) is 68.9. The number of hydrogen-bond acceptors (Lipinski definition) is 10. The number of likely N-dealkylation sites (tertiary alicyclic amines) is 2. The van der Waals surface area contributed by atoms with E-state index in [9.17, 15) is 44.7 Å². The highest BCUT2D eigenvalue weighted by atomic mass is 32.2. The van der Waals surface area contributed by atoms with Crippen LogP contribution in [-0.4, -0.2) is 115 Å². The molecule has 23 heteroatoms. The molecule has 2 aliphatic heterocycles. The van der Waals surface area contributed by atoms with Gasteiger partial charge in [-0.15, -0.1) is 0 Å². The van der Waals surface area contributed by atoms with Gasteiger partial charge < -0.3 is 28.2 Å². The number of amides is 2. The van der Waals surface area contributed by atoms with Crippen LogP contribution < -0.4 is 11.1 Å². The molecule has 0 spiro atoms. The van der Waals surface area contributed by atoms with Gasteiger partial charge in [-0.3, -0.25) is 24.1 Å². The molecule has 2 saturated heterocycles. The van der Waals surface area contributed by atoms with Crippen LogP contribution >= 0.6 is 23.5 Å². The van der Waals surface area contributed by atoms with E-state index in [2.05, 4.69) is 21.8 Å². The zero-order valence-corrected chi connectivity index (χ0v) is 56.2. The number of hydrogen-bond donors (Lipinski definition) is 0. The first kappa shape index (κ1) is 69.9. The highest BCUT2D eigenvalue weighted by Gasteiger charge is 2.45. The lowest BCUT2D eigenvalue weighted by atomic mass is 9.96. The van der Waals surface area contributed by atoms with Gasteiger partial charge in [0, 0.05) is 99.2 Å². The fourth-order valence-electron chi connectivity index (χ4n) is 14.5. The summed E-state index contributed by atoms with van der Waals surface area (Å²) in [6, 6.07) is 36.9. The Morgan fingerprint density at radius 1 is 0.541 bits per heavy atom. The third kappa shape index (κ3) is 16.2. The van der Waals surface area contributed by atoms with Crippen molar-refractivity contribution in [2.24, 2.45) is 0 Å². The largest absolute Gasteiger partial charge is 0.416 e. The van der Waals surface area contributed by atoms with Crippen LogP contribution in [0.2, 0.25) is 0 Å². The molecule has 1 atom stereocenters. The van der Waals surface area contributed by atoms with Crippen molar-refractivity contribution in [1.82, 2.24) is 33.8 Å². The maximum atomic E-state index is 15.5. The molecule has 98 heavy (non-hydrogen) atoms. The Labute approximate surface area is 572 Å². The number of halogens is 8. The van der Waals surface area contributed by atoms with E-state index in [4.69, 9.17) is 4.74 Å². The predicted octanol–water partition coefficient (Wildman–Crippen LogP) is 14.2. The van der Waals surface area contributed by atoms with Crippen molar-refractivity contribution in [3.8, 4) is 22.3 Å². The summed E-state index contributed by atoms with van der Waals surface area (Å²) in [6.45, 7) is 6.46. The van der Waals surface area contributed by atoms with E-state index >= 15 is 9.59 Å². The first-order valence-electron chi connectivity index (χ1n) is 33.3. The van der Waals surface area contributed by atoms with Crippen LogP contribution in [-0.2, 0) is 90.0 Å². The lowest BCUT2D eigenvalue weighted by Gasteiger charge is -2.53. The molecule has 13 nitrogen and oxygen atoms in total. The van der Waals surface area contributed by atoms with Crippen LogP contribution in [0.5, 0.6) is 0 Å². The van der Waals surface area contributed by atoms with Crippen molar-refractivity contribution >= 4 is 35.3 Å². The Balaban J connectivity index is 0.792. The Hall–Kier alpha value is -7.96. The highest BCUT2D eigenvalue weighted by molar-refractivity contribution is 7.98. The van der Waals surface area contributed by atoms with Crippen molar-refractivity contribution in [3.63, 3.8) is 0 Å². The Morgan fingerprint density at radius 3 is 1.29 bits per heavy atom. The molecule has 0 N–H and O–H groups in total. The first-order valence-corrected chi connectivity index (χ1v) is 35.3. The lowest BCUT2D eigenvalue weighted by molar-refractivity contribution is -0.965. The molecule has 2 aliphatic carbocycles. The van der Waals surface area contributed by atoms with Crippen LogP contribution in [0.15, 0.2) is 165 Å². The standard InChI is InChI=1S/C75H77F8N8O5S2/c1-49(86-37-33-62(34-38-86)87(43-50-9-17-54(18-10-50)56-21-25-58(26-22-56)74(78,79)80)68(92)45-89-66-7-3-5-64(66)70(94)84-72(89)97-47-52-13-29-60(76)30-14-52)91(41-42-96-2)39-35-63(36-40-91)88(44-51-11-19-55(20-12-51)57-23-27-59(28-24-57)75(81,82)83)69(93)46-90-67-8-4-6-65(67)71(95)85-73(90)98-48-53-15-31-61(77)32-16-53/h9-32,49,62-63H,3-8,33-48H2,1-2H3/q+1. The van der Waals surface area contributed by atoms with Gasteiger partial charge in [-0.1, -0.05) is 121 Å². The summed E-state index contributed by atoms with van der Waals surface area (Å²) in [7, 11) is 1.69. The topological polar surface area (TPSA) is 123 Å². The third-order valence-corrected chi connectivity index (χ3v) is 22.2. The van der Waals surface area contributed by atoms with E-state index in [0.29, 0.717) is 139 Å². The van der Waals surface area contributed by atoms with E-state index < -0.39 is 23.5 Å². The number of ether oxygens (including phenoxy) is 1. The molecule has 0 saturated carbocycles. The second-order valence-corrected chi connectivity index (χ2v) is 27.9. The van der Waals surface area contributed by atoms with Gasteiger partial charge >= 0.3 is 12.4 Å². The molecule has 8 aromatic rings. The number of aromatic nitrogens is 4. The third-order valence-electron chi connectivity index (χ3n) is 20.2. The summed E-state index contributed by atoms with van der Waals surface area (Å²) in [6.07, 6.45) is -2.62. The Morgan fingerprint density at radius 2 is 0.908 bits per heavy atom. The number of benzene rings is 6. The van der Waals surface area contributed by atoms with E-state index in [-0.39, 0.29) is 79.0 Å². The van der Waals surface area contributed by atoms with Gasteiger partial charge in [-0.05, 0) is 144 Å². The summed E-state index contributed by atoms with van der Waals surface area (Å²) in [5.41, 5.74) is 6.65. The smallest absolute Gasteiger partial charge is 0.379 e. The molecule has 2 amide bonds. The van der Waals surface area contributed by atoms with E-state index in [1.165, 1.54) is 72.1 Å². The van der Waals surface area contributed by atoms with Gasteiger partial charge in [-0.25, -0.2) is 8.78 Å². The fourth-order valence-corrected chi connectivity index (χ4v) is 16.5. The summed E-state index contributed by atoms with van der Waals surface area (Å²) in [5.74, 6) is -0.278. The monoisotopic (exact) mass is 1390 g/mol. The molecule has 1 unspecified atom stereocenters. The van der Waals surface area contributed by atoms with Gasteiger partial charge in [0.15, 0.2) is 10.3 Å². The molecule has 4 heterocycles. The number of rotatable bonds is 23. The average Bonchev–Trinajstić information content (AvgIpc) is 1.26. The molecular weight excluding hydrogens is 1310 g/mol. The minimum Gasteiger partial charge on any atom is -0.379 e. The minimum absolute atomic E-state index is 0.0122. The van der Waals surface area contributed by atoms with Crippen molar-refractivity contribution in [1.29, 1.82) is 0 Å². The average molecular weight is 1390 g/mol. The van der Waals surface area contributed by atoms with Gasteiger partial charge in [0.2, 0.25) is 11.8 Å². The zero-order valence-electron chi connectivity index (χ0n) is 54.6. The minimum atomic E-state index is -4.48. The summed E-state index contributed by atoms with van der Waals surface area (Å²) >= 11 is 2.65. The number of methoxy groups -OCH3 is 1. The fraction of sp³-hybridized carbons (Fsp3) is 0.387. The quantitative estimate of drug-likeness (QED) is 0.0265. The molecule has 4 aliphatic rings. The number of thioether (sulfide) groups is 2. The number of piperidine rings is 2. The molecule has 12 rings (SSSR count). The molecule has 514 valence electrons. The Kier molecular flexibility index (Phi) is 21.6. The number of alkyl halides is 6. The normalized spacial score (nSPS) is 17.8. The molecule has 2 fully saturated rings. The van der Waals surface area contributed by atoms with Crippen molar-refractivity contribution < 1.29 is 53.9 Å². The van der Waals surface area contributed by atoms with Crippen LogP contribution in [0.25, 0.3) is 22.3 Å². The van der Waals surface area contributed by atoms with Crippen LogP contribution in [0, 0.1) is 11.6 Å². The van der Waals surface area contributed by atoms with Crippen molar-refractivity contribution in [2.75, 3.05) is 46.4 Å². The van der Waals surface area contributed by atoms with Crippen molar-refractivity contribution in [2.45, 2.75) is 150 Å². The van der Waals surface area contributed by atoms with E-state index in [0.717, 1.165) is 81.9 Å². The van der Waals surface area contributed by atoms with E-state index in [1.807, 2.05) is 67.5 Å². The number of carbonyl (C=O) groups excluding carboxylic acids is 2. The molecule has 0 radical (unpaired) electrons. The summed E-state index contributed by atoms with van der Waals surface area (Å²) < 4.78 is 119. The number of carbonyl (C=O) groups is 2. The Bertz CT molecular complexity index is 4230. The van der Waals surface area contributed by atoms with Crippen molar-refractivity contribution in [3.05, 3.63) is 234 Å². The SMILES string of the molecule is COCC[N+]1(C(C)N2CCC(N(Cc3ccc(-c4ccc(C(F)(F)F)cc4)cc3)C(=O)Cn3c(SCc4ccc(F)cc4)nc(=O)c4c3CCC4)CC2)CCC(N(Cc2ccc(-c3ccc(C(F)(F)F)cc3)cc2)C(=O)Cn2c(SCc3ccc(F)cc3)nc(=O)c3c2CCC3)CC1. The molecule has 0 bridgehead atoms. The van der Waals surface area contributed by atoms with Gasteiger partial charge in [0.25, 0.3) is 11.1 Å². The van der Waals surface area contributed by atoms with E-state index in [1.54, 1.807) is 31.4 Å². The molecule has 6 aromatic carbocycles. The predicted molar refractivity (Wildman–Crippen MR) is 362 cm³/mol. The molecular formula is C75H77F8N8O5S2+. The summed E-state index contributed by atoms with van der Waals surface area (Å²) in [5, 5.41) is 0.814. The summed E-state index contributed by atoms with van der Waals surface area (Å²) in [4.78, 5) is 73.3. The van der Waals surface area contributed by atoms with Gasteiger partial charge in [0.1, 0.15) is 37.4 Å². The van der Waals surface area contributed by atoms with Crippen LogP contribution in [0.3, 0.4) is 0 Å². The first-order chi connectivity index (χ1) is 47.1. The van der Waals surface area contributed by atoms with Crippen LogP contribution in [0.4, 0.5) is 35.1 Å². The van der Waals surface area contributed by atoms with Crippen LogP contribution in [0.1, 0.15) is 101 Å². The van der Waals surface area contributed by atoms with Gasteiger partial charge in [0.05, 0.1) is 30.8 Å². The molecule has 2 aromatic heterocycles. The maximum absolute atomic E-state index is 15.5. The second kappa shape index (κ2) is 30.3. The highest BCUT2D eigenvalue weighted by Crippen LogP contribution is 2.37. The number of quaternary nitrogens is 1.